The van der Waals surface area contributed by atoms with Crippen molar-refractivity contribution in [2.75, 3.05) is 0 Å². The quantitative estimate of drug-likeness (QED) is 0.693. The van der Waals surface area contributed by atoms with Gasteiger partial charge in [0.15, 0.2) is 0 Å². The van der Waals surface area contributed by atoms with Gasteiger partial charge in [0.1, 0.15) is 11.5 Å². The third-order valence-corrected chi connectivity index (χ3v) is 4.07. The van der Waals surface area contributed by atoms with Crippen molar-refractivity contribution in [3.63, 3.8) is 0 Å². The van der Waals surface area contributed by atoms with Crippen LogP contribution in [-0.4, -0.2) is 10.2 Å². The van der Waals surface area contributed by atoms with E-state index in [0.29, 0.717) is 11.2 Å². The summed E-state index contributed by atoms with van der Waals surface area (Å²) in [5, 5.41) is 20.5. The molecule has 0 aromatic heterocycles. The fourth-order valence-electron chi connectivity index (χ4n) is 2.73. The fourth-order valence-corrected chi connectivity index (χ4v) is 2.73. The van der Waals surface area contributed by atoms with Crippen LogP contribution in [0.25, 0.3) is 0 Å². The molecule has 126 valence electrons. The molecule has 0 aliphatic carbocycles. The first-order valence-electron chi connectivity index (χ1n) is 8.52. The van der Waals surface area contributed by atoms with Gasteiger partial charge in [-0.2, -0.15) is 0 Å². The second-order valence-corrected chi connectivity index (χ2v) is 8.90. The number of phenolic OH excluding ortho intramolecular Hbond substituents is 2. The van der Waals surface area contributed by atoms with E-state index in [1.807, 2.05) is 6.07 Å². The first-order chi connectivity index (χ1) is 9.99. The SMILES string of the molecule is CC(C)(C)CCCc1ccc(O)c(CCCC(C)(C)C)c1O. The highest BCUT2D eigenvalue weighted by molar-refractivity contribution is 5.48. The normalized spacial score (nSPS) is 12.6. The van der Waals surface area contributed by atoms with Crippen molar-refractivity contribution in [2.45, 2.75) is 80.1 Å². The molecule has 2 heteroatoms. The Bertz CT molecular complexity index is 476. The molecule has 1 rings (SSSR count). The second-order valence-electron chi connectivity index (χ2n) is 8.90. The summed E-state index contributed by atoms with van der Waals surface area (Å²) in [4.78, 5) is 0. The Hall–Kier alpha value is -1.18. The van der Waals surface area contributed by atoms with Crippen molar-refractivity contribution in [2.24, 2.45) is 10.8 Å². The van der Waals surface area contributed by atoms with Gasteiger partial charge in [-0.1, -0.05) is 47.6 Å². The summed E-state index contributed by atoms with van der Waals surface area (Å²) < 4.78 is 0. The average molecular weight is 306 g/mol. The lowest BCUT2D eigenvalue weighted by Crippen LogP contribution is -2.06. The Labute approximate surface area is 136 Å². The van der Waals surface area contributed by atoms with Crippen molar-refractivity contribution in [3.05, 3.63) is 23.3 Å². The summed E-state index contributed by atoms with van der Waals surface area (Å²) >= 11 is 0. The summed E-state index contributed by atoms with van der Waals surface area (Å²) in [5.41, 5.74) is 2.29. The van der Waals surface area contributed by atoms with E-state index >= 15 is 0 Å². The van der Waals surface area contributed by atoms with Crippen LogP contribution in [0, 0.1) is 10.8 Å². The number of hydrogen-bond acceptors (Lipinski definition) is 2. The van der Waals surface area contributed by atoms with Gasteiger partial charge >= 0.3 is 0 Å². The Morgan fingerprint density at radius 3 is 1.77 bits per heavy atom. The first-order valence-corrected chi connectivity index (χ1v) is 8.52. The van der Waals surface area contributed by atoms with E-state index in [4.69, 9.17) is 0 Å². The lowest BCUT2D eigenvalue weighted by atomic mass is 9.87. The Morgan fingerprint density at radius 2 is 1.27 bits per heavy atom. The highest BCUT2D eigenvalue weighted by atomic mass is 16.3. The lowest BCUT2D eigenvalue weighted by molar-refractivity contribution is 0.359. The molecule has 2 nitrogen and oxygen atoms in total. The minimum Gasteiger partial charge on any atom is -0.508 e. The topological polar surface area (TPSA) is 40.5 Å². The number of aromatic hydroxyl groups is 2. The highest BCUT2D eigenvalue weighted by Gasteiger charge is 2.16. The predicted molar refractivity (Wildman–Crippen MR) is 94.6 cm³/mol. The number of aryl methyl sites for hydroxylation is 1. The van der Waals surface area contributed by atoms with Crippen LogP contribution in [0.5, 0.6) is 11.5 Å². The van der Waals surface area contributed by atoms with E-state index in [1.165, 1.54) is 0 Å². The van der Waals surface area contributed by atoms with Crippen LogP contribution in [0.2, 0.25) is 0 Å². The van der Waals surface area contributed by atoms with Crippen LogP contribution in [0.1, 0.15) is 78.4 Å². The number of rotatable bonds is 6. The van der Waals surface area contributed by atoms with Gasteiger partial charge in [0.2, 0.25) is 0 Å². The van der Waals surface area contributed by atoms with Gasteiger partial charge in [0.25, 0.3) is 0 Å². The van der Waals surface area contributed by atoms with Gasteiger partial charge in [-0.25, -0.2) is 0 Å². The minimum atomic E-state index is 0.228. The molecule has 0 saturated carbocycles. The lowest BCUT2D eigenvalue weighted by Gasteiger charge is -2.19. The van der Waals surface area contributed by atoms with Gasteiger partial charge in [0.05, 0.1) is 0 Å². The van der Waals surface area contributed by atoms with Crippen LogP contribution < -0.4 is 0 Å². The van der Waals surface area contributed by atoms with Gasteiger partial charge < -0.3 is 10.2 Å². The van der Waals surface area contributed by atoms with E-state index in [2.05, 4.69) is 41.5 Å². The van der Waals surface area contributed by atoms with Gasteiger partial charge in [-0.15, -0.1) is 0 Å². The molecule has 0 spiro atoms. The molecule has 0 saturated heterocycles. The molecule has 0 radical (unpaired) electrons. The Balaban J connectivity index is 2.71. The second kappa shape index (κ2) is 7.39. The molecule has 1 aromatic carbocycles. The van der Waals surface area contributed by atoms with Crippen LogP contribution in [-0.2, 0) is 12.8 Å². The molecule has 1 aromatic rings. The summed E-state index contributed by atoms with van der Waals surface area (Å²) in [6.45, 7) is 13.4. The average Bonchev–Trinajstić information content (AvgIpc) is 2.33. The molecule has 0 heterocycles. The molecule has 0 bridgehead atoms. The van der Waals surface area contributed by atoms with E-state index in [1.54, 1.807) is 6.07 Å². The molecule has 0 unspecified atom stereocenters. The fraction of sp³-hybridized carbons (Fsp3) is 0.700. The van der Waals surface area contributed by atoms with Crippen LogP contribution in [0.15, 0.2) is 12.1 Å². The molecule has 0 fully saturated rings. The van der Waals surface area contributed by atoms with Crippen LogP contribution >= 0.6 is 0 Å². The van der Waals surface area contributed by atoms with Gasteiger partial charge in [-0.05, 0) is 61.0 Å². The summed E-state index contributed by atoms with van der Waals surface area (Å²) in [5.74, 6) is 0.536. The smallest absolute Gasteiger partial charge is 0.125 e. The zero-order chi connectivity index (χ0) is 17.0. The van der Waals surface area contributed by atoms with E-state index < -0.39 is 0 Å². The summed E-state index contributed by atoms with van der Waals surface area (Å²) in [6, 6.07) is 3.60. The van der Waals surface area contributed by atoms with Crippen molar-refractivity contribution in [3.8, 4) is 11.5 Å². The largest absolute Gasteiger partial charge is 0.508 e. The first kappa shape index (κ1) is 18.9. The van der Waals surface area contributed by atoms with Crippen molar-refractivity contribution in [1.82, 2.24) is 0 Å². The zero-order valence-corrected chi connectivity index (χ0v) is 15.3. The highest BCUT2D eigenvalue weighted by Crippen LogP contribution is 2.34. The number of benzene rings is 1. The summed E-state index contributed by atoms with van der Waals surface area (Å²) in [6.07, 6.45) is 5.86. The van der Waals surface area contributed by atoms with Crippen LogP contribution in [0.4, 0.5) is 0 Å². The molecular weight excluding hydrogens is 272 g/mol. The Morgan fingerprint density at radius 1 is 0.773 bits per heavy atom. The molecule has 0 amide bonds. The molecular formula is C20H34O2. The molecule has 2 N–H and O–H groups in total. The maximum Gasteiger partial charge on any atom is 0.125 e. The van der Waals surface area contributed by atoms with Crippen LogP contribution in [0.3, 0.4) is 0 Å². The summed E-state index contributed by atoms with van der Waals surface area (Å²) in [7, 11) is 0. The molecule has 22 heavy (non-hydrogen) atoms. The molecule has 0 aliphatic rings. The van der Waals surface area contributed by atoms with Crippen molar-refractivity contribution in [1.29, 1.82) is 0 Å². The van der Waals surface area contributed by atoms with Gasteiger partial charge in [-0.3, -0.25) is 0 Å². The van der Waals surface area contributed by atoms with E-state index in [0.717, 1.165) is 49.7 Å². The predicted octanol–water partition coefficient (Wildman–Crippen LogP) is 5.84. The molecule has 0 aliphatic heterocycles. The monoisotopic (exact) mass is 306 g/mol. The number of hydrogen-bond donors (Lipinski definition) is 2. The maximum absolute atomic E-state index is 10.5. The number of phenols is 2. The Kier molecular flexibility index (Phi) is 6.34. The maximum atomic E-state index is 10.5. The van der Waals surface area contributed by atoms with E-state index in [-0.39, 0.29) is 11.2 Å². The van der Waals surface area contributed by atoms with Crippen molar-refractivity contribution < 1.29 is 10.2 Å². The standard InChI is InChI=1S/C20H34O2/c1-19(2,3)13-7-9-15-11-12-17(21)16(18(15)22)10-8-14-20(4,5)6/h11-12,21-22H,7-10,13-14H2,1-6H3. The minimum absolute atomic E-state index is 0.228. The van der Waals surface area contributed by atoms with E-state index in [9.17, 15) is 10.2 Å². The van der Waals surface area contributed by atoms with Crippen molar-refractivity contribution >= 4 is 0 Å². The zero-order valence-electron chi connectivity index (χ0n) is 15.3. The van der Waals surface area contributed by atoms with Gasteiger partial charge in [0, 0.05) is 5.56 Å². The molecule has 0 atom stereocenters. The third kappa shape index (κ3) is 6.72. The third-order valence-electron chi connectivity index (χ3n) is 4.07.